The van der Waals surface area contributed by atoms with Crippen LogP contribution in [0.2, 0.25) is 0 Å². The van der Waals surface area contributed by atoms with Gasteiger partial charge in [0, 0.05) is 6.04 Å². The maximum absolute atomic E-state index is 4.31. The van der Waals surface area contributed by atoms with Crippen molar-refractivity contribution in [2.24, 2.45) is 0 Å². The number of hydrogen-bond donors (Lipinski definition) is 1. The second kappa shape index (κ2) is 2.74. The average molecular weight is 187 g/mol. The third kappa shape index (κ3) is 1.16. The molecule has 0 aromatic carbocycles. The van der Waals surface area contributed by atoms with Crippen LogP contribution in [0.15, 0.2) is 24.5 Å². The molecular formula is C11H13N3. The molecule has 0 atom stereocenters. The zero-order chi connectivity index (χ0) is 9.54. The largest absolute Gasteiger partial charge is 0.368 e. The van der Waals surface area contributed by atoms with Crippen molar-refractivity contribution in [2.75, 3.05) is 5.32 Å². The van der Waals surface area contributed by atoms with Crippen LogP contribution < -0.4 is 5.32 Å². The highest BCUT2D eigenvalue weighted by atomic mass is 15.1. The van der Waals surface area contributed by atoms with Crippen LogP contribution in [-0.4, -0.2) is 15.4 Å². The van der Waals surface area contributed by atoms with Crippen molar-refractivity contribution >= 4 is 11.3 Å². The number of imidazole rings is 1. The molecule has 0 bridgehead atoms. The van der Waals surface area contributed by atoms with Crippen LogP contribution in [0.25, 0.3) is 5.52 Å². The summed E-state index contributed by atoms with van der Waals surface area (Å²) in [5, 5.41) is 3.50. The Morgan fingerprint density at radius 1 is 1.43 bits per heavy atom. The highest BCUT2D eigenvalue weighted by Crippen LogP contribution is 2.25. The van der Waals surface area contributed by atoms with Gasteiger partial charge in [0.15, 0.2) is 0 Å². The number of nitrogens with zero attached hydrogens (tertiary/aromatic N) is 2. The van der Waals surface area contributed by atoms with Crippen LogP contribution in [-0.2, 0) is 0 Å². The molecule has 0 amide bonds. The van der Waals surface area contributed by atoms with E-state index in [4.69, 9.17) is 0 Å². The Kier molecular flexibility index (Phi) is 1.54. The van der Waals surface area contributed by atoms with Crippen LogP contribution in [0.4, 0.5) is 5.82 Å². The molecule has 3 nitrogen and oxygen atoms in total. The first-order chi connectivity index (χ1) is 6.84. The number of pyridine rings is 1. The Morgan fingerprint density at radius 2 is 2.29 bits per heavy atom. The molecule has 2 heterocycles. The van der Waals surface area contributed by atoms with Crippen molar-refractivity contribution in [3.63, 3.8) is 0 Å². The maximum atomic E-state index is 4.31. The number of fused-ring (bicyclic) bond motifs is 1. The van der Waals surface area contributed by atoms with Gasteiger partial charge in [-0.05, 0) is 31.9 Å². The van der Waals surface area contributed by atoms with E-state index in [1.165, 1.54) is 18.4 Å². The Labute approximate surface area is 82.8 Å². The first kappa shape index (κ1) is 7.85. The third-order valence-electron chi connectivity index (χ3n) is 2.69. The number of hydrogen-bond acceptors (Lipinski definition) is 2. The van der Waals surface area contributed by atoms with Gasteiger partial charge >= 0.3 is 0 Å². The summed E-state index contributed by atoms with van der Waals surface area (Å²) >= 11 is 0. The summed E-state index contributed by atoms with van der Waals surface area (Å²) in [6.07, 6.45) is 4.48. The van der Waals surface area contributed by atoms with E-state index in [0.717, 1.165) is 11.5 Å². The lowest BCUT2D eigenvalue weighted by atomic mass is 10.3. The maximum Gasteiger partial charge on any atom is 0.111 e. The van der Waals surface area contributed by atoms with Crippen LogP contribution in [0.3, 0.4) is 0 Å². The Hall–Kier alpha value is -1.51. The van der Waals surface area contributed by atoms with Crippen LogP contribution >= 0.6 is 0 Å². The molecule has 14 heavy (non-hydrogen) atoms. The first-order valence-electron chi connectivity index (χ1n) is 5.04. The molecule has 2 aromatic rings. The topological polar surface area (TPSA) is 29.3 Å². The number of aromatic nitrogens is 2. The third-order valence-corrected chi connectivity index (χ3v) is 2.69. The minimum Gasteiger partial charge on any atom is -0.368 e. The Morgan fingerprint density at radius 3 is 3.07 bits per heavy atom. The number of aryl methyl sites for hydroxylation is 1. The quantitative estimate of drug-likeness (QED) is 0.781. The lowest BCUT2D eigenvalue weighted by Crippen LogP contribution is -2.04. The predicted molar refractivity (Wildman–Crippen MR) is 56.6 cm³/mol. The molecule has 1 fully saturated rings. The smallest absolute Gasteiger partial charge is 0.111 e. The van der Waals surface area contributed by atoms with Gasteiger partial charge in [-0.2, -0.15) is 0 Å². The minimum atomic E-state index is 0.684. The van der Waals surface area contributed by atoms with Gasteiger partial charge in [0.1, 0.15) is 12.1 Å². The molecule has 1 N–H and O–H groups in total. The van der Waals surface area contributed by atoms with E-state index in [-0.39, 0.29) is 0 Å². The molecule has 72 valence electrons. The Bertz CT molecular complexity index is 468. The van der Waals surface area contributed by atoms with Crippen molar-refractivity contribution in [2.45, 2.75) is 25.8 Å². The van der Waals surface area contributed by atoms with Gasteiger partial charge in [-0.1, -0.05) is 6.07 Å². The molecule has 0 saturated heterocycles. The normalized spacial score (nSPS) is 16.1. The van der Waals surface area contributed by atoms with Gasteiger partial charge in [-0.3, -0.25) is 4.40 Å². The predicted octanol–water partition coefficient (Wildman–Crippen LogP) is 2.22. The van der Waals surface area contributed by atoms with E-state index in [0.29, 0.717) is 6.04 Å². The molecule has 3 heteroatoms. The zero-order valence-electron chi connectivity index (χ0n) is 8.20. The van der Waals surface area contributed by atoms with E-state index >= 15 is 0 Å². The van der Waals surface area contributed by atoms with Gasteiger partial charge in [0.25, 0.3) is 0 Å². The van der Waals surface area contributed by atoms with Gasteiger partial charge in [-0.25, -0.2) is 4.98 Å². The van der Waals surface area contributed by atoms with E-state index in [1.807, 2.05) is 13.3 Å². The first-order valence-corrected chi connectivity index (χ1v) is 5.04. The van der Waals surface area contributed by atoms with Gasteiger partial charge in [0.2, 0.25) is 0 Å². The fraction of sp³-hybridized carbons (Fsp3) is 0.364. The molecule has 0 radical (unpaired) electrons. The van der Waals surface area contributed by atoms with Crippen molar-refractivity contribution in [3.8, 4) is 0 Å². The van der Waals surface area contributed by atoms with Crippen molar-refractivity contribution in [1.82, 2.24) is 9.38 Å². The SMILES string of the molecule is Cc1ncn2c(NC3CC3)cccc12. The average Bonchev–Trinajstić information content (AvgIpc) is 2.92. The van der Waals surface area contributed by atoms with Gasteiger partial charge in [0.05, 0.1) is 11.2 Å². The highest BCUT2D eigenvalue weighted by molar-refractivity contribution is 5.58. The van der Waals surface area contributed by atoms with Crippen LogP contribution in [0, 0.1) is 6.92 Å². The molecule has 0 spiro atoms. The van der Waals surface area contributed by atoms with Crippen molar-refractivity contribution < 1.29 is 0 Å². The summed E-state index contributed by atoms with van der Waals surface area (Å²) in [7, 11) is 0. The van der Waals surface area contributed by atoms with Gasteiger partial charge < -0.3 is 5.32 Å². The van der Waals surface area contributed by atoms with E-state index < -0.39 is 0 Å². The van der Waals surface area contributed by atoms with E-state index in [2.05, 4.69) is 32.9 Å². The van der Waals surface area contributed by atoms with Crippen LogP contribution in [0.5, 0.6) is 0 Å². The highest BCUT2D eigenvalue weighted by Gasteiger charge is 2.21. The lowest BCUT2D eigenvalue weighted by molar-refractivity contribution is 1.07. The molecule has 1 aliphatic rings. The monoisotopic (exact) mass is 187 g/mol. The molecule has 2 aromatic heterocycles. The minimum absolute atomic E-state index is 0.684. The second-order valence-corrected chi connectivity index (χ2v) is 3.91. The lowest BCUT2D eigenvalue weighted by Gasteiger charge is -2.07. The summed E-state index contributed by atoms with van der Waals surface area (Å²) in [4.78, 5) is 4.31. The molecule has 1 aliphatic carbocycles. The molecule has 3 rings (SSSR count). The summed E-state index contributed by atoms with van der Waals surface area (Å²) in [6, 6.07) is 6.96. The fourth-order valence-corrected chi connectivity index (χ4v) is 1.71. The van der Waals surface area contributed by atoms with Gasteiger partial charge in [-0.15, -0.1) is 0 Å². The number of rotatable bonds is 2. The second-order valence-electron chi connectivity index (χ2n) is 3.91. The fourth-order valence-electron chi connectivity index (χ4n) is 1.71. The number of nitrogens with one attached hydrogen (secondary N) is 1. The summed E-state index contributed by atoms with van der Waals surface area (Å²) < 4.78 is 2.12. The standard InChI is InChI=1S/C11H13N3/c1-8-10-3-2-4-11(13-9-5-6-9)14(10)7-12-8/h2-4,7,9,13H,5-6H2,1H3. The molecule has 1 saturated carbocycles. The molecule has 0 aliphatic heterocycles. The van der Waals surface area contributed by atoms with E-state index in [9.17, 15) is 0 Å². The molecule has 0 unspecified atom stereocenters. The zero-order valence-corrected chi connectivity index (χ0v) is 8.20. The van der Waals surface area contributed by atoms with Crippen molar-refractivity contribution in [3.05, 3.63) is 30.2 Å². The van der Waals surface area contributed by atoms with Crippen LogP contribution in [0.1, 0.15) is 18.5 Å². The summed E-state index contributed by atoms with van der Waals surface area (Å²) in [5.41, 5.74) is 2.28. The van der Waals surface area contributed by atoms with Crippen molar-refractivity contribution in [1.29, 1.82) is 0 Å². The Balaban J connectivity index is 2.12. The summed E-state index contributed by atoms with van der Waals surface area (Å²) in [6.45, 7) is 2.04. The number of anilines is 1. The van der Waals surface area contributed by atoms with E-state index in [1.54, 1.807) is 0 Å². The summed E-state index contributed by atoms with van der Waals surface area (Å²) in [5.74, 6) is 1.16. The molecular weight excluding hydrogens is 174 g/mol.